The molecular weight excluding hydrogens is 366 g/mol. The van der Waals surface area contributed by atoms with Crippen LogP contribution >= 0.6 is 0 Å². The van der Waals surface area contributed by atoms with Crippen LogP contribution in [-0.4, -0.2) is 32.2 Å². The number of pyridine rings is 1. The van der Waals surface area contributed by atoms with E-state index in [-0.39, 0.29) is 12.3 Å². The van der Waals surface area contributed by atoms with Crippen LogP contribution in [0.2, 0.25) is 0 Å². The lowest BCUT2D eigenvalue weighted by atomic mass is 10.1. The number of hydrogen-bond acceptors (Lipinski definition) is 5. The van der Waals surface area contributed by atoms with Crippen molar-refractivity contribution in [3.63, 3.8) is 0 Å². The molecule has 0 bridgehead atoms. The molecule has 0 fully saturated rings. The molecule has 0 aliphatic rings. The van der Waals surface area contributed by atoms with Crippen LogP contribution in [0.15, 0.2) is 66.9 Å². The standard InChI is InChI=1S/C23H25N3O3/c1-26(16-17-7-5-4-6-8-17)19-10-12-22(24-15-19)25-23(27)14-18-9-11-20(28-2)21(13-18)29-3/h4-13,15H,14,16H2,1-3H3,(H,24,25,27). The van der Waals surface area contributed by atoms with Crippen LogP contribution in [-0.2, 0) is 17.8 Å². The van der Waals surface area contributed by atoms with Gasteiger partial charge in [0.1, 0.15) is 5.82 Å². The average molecular weight is 391 g/mol. The smallest absolute Gasteiger partial charge is 0.229 e. The van der Waals surface area contributed by atoms with Crippen LogP contribution in [0, 0.1) is 0 Å². The summed E-state index contributed by atoms with van der Waals surface area (Å²) in [5, 5.41) is 2.83. The molecule has 0 spiro atoms. The summed E-state index contributed by atoms with van der Waals surface area (Å²) in [4.78, 5) is 18.8. The van der Waals surface area contributed by atoms with Crippen LogP contribution in [0.4, 0.5) is 11.5 Å². The van der Waals surface area contributed by atoms with Gasteiger partial charge in [-0.25, -0.2) is 4.98 Å². The Balaban J connectivity index is 1.58. The van der Waals surface area contributed by atoms with Crippen molar-refractivity contribution in [3.8, 4) is 11.5 Å². The van der Waals surface area contributed by atoms with Crippen molar-refractivity contribution >= 4 is 17.4 Å². The van der Waals surface area contributed by atoms with Gasteiger partial charge in [0, 0.05) is 13.6 Å². The summed E-state index contributed by atoms with van der Waals surface area (Å²) < 4.78 is 10.5. The van der Waals surface area contributed by atoms with E-state index in [9.17, 15) is 4.79 Å². The second kappa shape index (κ2) is 9.59. The molecule has 3 rings (SSSR count). The third-order valence-electron chi connectivity index (χ3n) is 4.53. The van der Waals surface area contributed by atoms with Crippen LogP contribution in [0.25, 0.3) is 0 Å². The molecule has 0 radical (unpaired) electrons. The molecule has 0 saturated heterocycles. The molecule has 6 nitrogen and oxygen atoms in total. The molecule has 3 aromatic rings. The SMILES string of the molecule is COc1ccc(CC(=O)Nc2ccc(N(C)Cc3ccccc3)cn2)cc1OC. The predicted molar refractivity (Wildman–Crippen MR) is 115 cm³/mol. The molecule has 0 unspecified atom stereocenters. The first kappa shape index (κ1) is 20.2. The van der Waals surface area contributed by atoms with Crippen LogP contribution in [0.1, 0.15) is 11.1 Å². The van der Waals surface area contributed by atoms with Gasteiger partial charge in [-0.15, -0.1) is 0 Å². The first-order valence-electron chi connectivity index (χ1n) is 9.31. The maximum atomic E-state index is 12.4. The summed E-state index contributed by atoms with van der Waals surface area (Å²) in [6, 6.07) is 19.4. The van der Waals surface area contributed by atoms with E-state index in [0.29, 0.717) is 17.3 Å². The molecule has 1 aromatic heterocycles. The lowest BCUT2D eigenvalue weighted by Crippen LogP contribution is -2.18. The Labute approximate surface area is 171 Å². The van der Waals surface area contributed by atoms with E-state index < -0.39 is 0 Å². The minimum atomic E-state index is -0.143. The summed E-state index contributed by atoms with van der Waals surface area (Å²) in [5.74, 6) is 1.61. The van der Waals surface area contributed by atoms with Gasteiger partial charge in [0.05, 0.1) is 32.5 Å². The molecule has 1 N–H and O–H groups in total. The van der Waals surface area contributed by atoms with E-state index in [1.807, 2.05) is 43.4 Å². The molecule has 0 atom stereocenters. The first-order valence-corrected chi connectivity index (χ1v) is 9.31. The van der Waals surface area contributed by atoms with E-state index in [2.05, 4.69) is 27.3 Å². The van der Waals surface area contributed by atoms with Crippen molar-refractivity contribution in [1.29, 1.82) is 0 Å². The van der Waals surface area contributed by atoms with Gasteiger partial charge in [-0.05, 0) is 35.4 Å². The lowest BCUT2D eigenvalue weighted by Gasteiger charge is -2.19. The number of rotatable bonds is 8. The number of anilines is 2. The number of methoxy groups -OCH3 is 2. The Morgan fingerprint density at radius 3 is 2.38 bits per heavy atom. The van der Waals surface area contributed by atoms with Gasteiger partial charge in [-0.1, -0.05) is 36.4 Å². The van der Waals surface area contributed by atoms with E-state index in [1.54, 1.807) is 32.5 Å². The normalized spacial score (nSPS) is 10.3. The number of benzene rings is 2. The molecule has 1 heterocycles. The third-order valence-corrected chi connectivity index (χ3v) is 4.53. The molecule has 0 saturated carbocycles. The fourth-order valence-corrected chi connectivity index (χ4v) is 3.00. The zero-order valence-electron chi connectivity index (χ0n) is 16.9. The zero-order chi connectivity index (χ0) is 20.6. The van der Waals surface area contributed by atoms with Gasteiger partial charge in [0.25, 0.3) is 0 Å². The van der Waals surface area contributed by atoms with Crippen molar-refractivity contribution in [2.24, 2.45) is 0 Å². The van der Waals surface area contributed by atoms with Gasteiger partial charge in [0.15, 0.2) is 11.5 Å². The van der Waals surface area contributed by atoms with E-state index >= 15 is 0 Å². The summed E-state index contributed by atoms with van der Waals surface area (Å²) in [7, 11) is 5.16. The summed E-state index contributed by atoms with van der Waals surface area (Å²) in [6.45, 7) is 0.785. The molecular formula is C23H25N3O3. The largest absolute Gasteiger partial charge is 0.493 e. The number of nitrogens with one attached hydrogen (secondary N) is 1. The topological polar surface area (TPSA) is 63.7 Å². The average Bonchev–Trinajstić information content (AvgIpc) is 2.74. The van der Waals surface area contributed by atoms with Gasteiger partial charge < -0.3 is 19.7 Å². The summed E-state index contributed by atoms with van der Waals surface area (Å²) in [5.41, 5.74) is 3.04. The Morgan fingerprint density at radius 2 is 1.72 bits per heavy atom. The van der Waals surface area contributed by atoms with Gasteiger partial charge in [0.2, 0.25) is 5.91 Å². The fourth-order valence-electron chi connectivity index (χ4n) is 3.00. The van der Waals surface area contributed by atoms with Crippen LogP contribution < -0.4 is 19.7 Å². The maximum Gasteiger partial charge on any atom is 0.229 e. The third kappa shape index (κ3) is 5.48. The van der Waals surface area contributed by atoms with Gasteiger partial charge in [-0.3, -0.25) is 4.79 Å². The molecule has 150 valence electrons. The number of ether oxygens (including phenoxy) is 2. The maximum absolute atomic E-state index is 12.4. The highest BCUT2D eigenvalue weighted by Crippen LogP contribution is 2.27. The van der Waals surface area contributed by atoms with Crippen LogP contribution in [0.3, 0.4) is 0 Å². The molecule has 1 amide bonds. The summed E-state index contributed by atoms with van der Waals surface area (Å²) >= 11 is 0. The predicted octanol–water partition coefficient (Wildman–Crippen LogP) is 3.92. The Bertz CT molecular complexity index is 943. The summed E-state index contributed by atoms with van der Waals surface area (Å²) in [6.07, 6.45) is 1.98. The number of nitrogens with zero attached hydrogens (tertiary/aromatic N) is 2. The Hall–Kier alpha value is -3.54. The zero-order valence-corrected chi connectivity index (χ0v) is 16.9. The molecule has 0 aliphatic heterocycles. The van der Waals surface area contributed by atoms with Crippen molar-refractivity contribution < 1.29 is 14.3 Å². The number of carbonyl (C=O) groups is 1. The number of amides is 1. The molecule has 6 heteroatoms. The quantitative estimate of drug-likeness (QED) is 0.631. The second-order valence-electron chi connectivity index (χ2n) is 6.66. The monoisotopic (exact) mass is 391 g/mol. The van der Waals surface area contributed by atoms with E-state index in [1.165, 1.54) is 5.56 Å². The lowest BCUT2D eigenvalue weighted by molar-refractivity contribution is -0.115. The van der Waals surface area contributed by atoms with Gasteiger partial charge in [-0.2, -0.15) is 0 Å². The highest BCUT2D eigenvalue weighted by molar-refractivity contribution is 5.91. The van der Waals surface area contributed by atoms with E-state index in [0.717, 1.165) is 17.8 Å². The van der Waals surface area contributed by atoms with Crippen molar-refractivity contribution in [1.82, 2.24) is 4.98 Å². The fraction of sp³-hybridized carbons (Fsp3) is 0.217. The minimum absolute atomic E-state index is 0.143. The second-order valence-corrected chi connectivity index (χ2v) is 6.66. The Morgan fingerprint density at radius 1 is 0.966 bits per heavy atom. The van der Waals surface area contributed by atoms with Crippen LogP contribution in [0.5, 0.6) is 11.5 Å². The van der Waals surface area contributed by atoms with Crippen molar-refractivity contribution in [3.05, 3.63) is 78.0 Å². The minimum Gasteiger partial charge on any atom is -0.493 e. The molecule has 0 aliphatic carbocycles. The molecule has 29 heavy (non-hydrogen) atoms. The van der Waals surface area contributed by atoms with Crippen molar-refractivity contribution in [2.45, 2.75) is 13.0 Å². The number of carbonyl (C=O) groups excluding carboxylic acids is 1. The van der Waals surface area contributed by atoms with E-state index in [4.69, 9.17) is 9.47 Å². The number of hydrogen-bond donors (Lipinski definition) is 1. The highest BCUT2D eigenvalue weighted by atomic mass is 16.5. The van der Waals surface area contributed by atoms with Crippen molar-refractivity contribution in [2.75, 3.05) is 31.5 Å². The number of aromatic nitrogens is 1. The Kier molecular flexibility index (Phi) is 6.68. The first-order chi connectivity index (χ1) is 14.1. The highest BCUT2D eigenvalue weighted by Gasteiger charge is 2.10. The van der Waals surface area contributed by atoms with Gasteiger partial charge >= 0.3 is 0 Å². The molecule has 2 aromatic carbocycles.